The maximum absolute atomic E-state index is 14.4. The van der Waals surface area contributed by atoms with Gasteiger partial charge in [-0.2, -0.15) is 0 Å². The second kappa shape index (κ2) is 6.13. The number of hydrogen-bond acceptors (Lipinski definition) is 5. The fourth-order valence-corrected chi connectivity index (χ4v) is 2.47. The number of alkyl halides is 1. The summed E-state index contributed by atoms with van der Waals surface area (Å²) >= 11 is 4.94. The topological polar surface area (TPSA) is 65.5 Å². The predicted molar refractivity (Wildman–Crippen MR) is 72.1 cm³/mol. The van der Waals surface area contributed by atoms with E-state index in [1.54, 1.807) is 7.05 Å². The van der Waals surface area contributed by atoms with Crippen molar-refractivity contribution in [1.82, 2.24) is 9.55 Å². The molecule has 1 N–H and O–H groups in total. The van der Waals surface area contributed by atoms with Crippen LogP contribution < -0.4 is 5.56 Å². The Balaban J connectivity index is 2.36. The van der Waals surface area contributed by atoms with Crippen molar-refractivity contribution in [1.29, 1.82) is 0 Å². The average molecular weight is 304 g/mol. The van der Waals surface area contributed by atoms with Crippen LogP contribution in [0.1, 0.15) is 11.7 Å². The van der Waals surface area contributed by atoms with Crippen LogP contribution in [0, 0.1) is 4.77 Å². The van der Waals surface area contributed by atoms with Crippen LogP contribution in [0.25, 0.3) is 0 Å². The second-order valence-electron chi connectivity index (χ2n) is 4.65. The normalized spacial score (nSPS) is 29.8. The molecule has 0 aromatic carbocycles. The Kier molecular flexibility index (Phi) is 4.69. The molecule has 1 aliphatic heterocycles. The summed E-state index contributed by atoms with van der Waals surface area (Å²) in [6.45, 7) is 0.193. The van der Waals surface area contributed by atoms with Crippen LogP contribution in [0.3, 0.4) is 0 Å². The van der Waals surface area contributed by atoms with Gasteiger partial charge in [0.05, 0.1) is 12.2 Å². The van der Waals surface area contributed by atoms with Gasteiger partial charge in [-0.15, -0.1) is 0 Å². The molecule has 2 unspecified atom stereocenters. The molecule has 112 valence electrons. The Labute approximate surface area is 120 Å². The minimum Gasteiger partial charge on any atom is -0.382 e. The SMILES string of the molecule is COC[C@H]1O[C@@H](c2cn(C)c(=S)[nH]c2=O)C(F)C1OC. The van der Waals surface area contributed by atoms with Crippen LogP contribution in [0.5, 0.6) is 0 Å². The van der Waals surface area contributed by atoms with E-state index < -0.39 is 30.0 Å². The molecular formula is C12H17FN2O4S. The molecule has 0 saturated carbocycles. The summed E-state index contributed by atoms with van der Waals surface area (Å²) in [4.78, 5) is 14.4. The van der Waals surface area contributed by atoms with E-state index >= 15 is 0 Å². The Hall–Kier alpha value is -1.09. The maximum Gasteiger partial charge on any atom is 0.257 e. The molecule has 20 heavy (non-hydrogen) atoms. The summed E-state index contributed by atoms with van der Waals surface area (Å²) in [5, 5.41) is 0. The van der Waals surface area contributed by atoms with Gasteiger partial charge in [0.25, 0.3) is 5.56 Å². The van der Waals surface area contributed by atoms with Crippen LogP contribution in [-0.2, 0) is 21.3 Å². The first-order chi connectivity index (χ1) is 9.49. The lowest BCUT2D eigenvalue weighted by atomic mass is 10.0. The zero-order valence-electron chi connectivity index (χ0n) is 11.5. The second-order valence-corrected chi connectivity index (χ2v) is 5.04. The number of halogens is 1. The monoisotopic (exact) mass is 304 g/mol. The summed E-state index contributed by atoms with van der Waals surface area (Å²) in [5.74, 6) is 0. The zero-order valence-corrected chi connectivity index (χ0v) is 12.3. The molecular weight excluding hydrogens is 287 g/mol. The lowest BCUT2D eigenvalue weighted by molar-refractivity contribution is -0.0452. The number of ether oxygens (including phenoxy) is 3. The van der Waals surface area contributed by atoms with Gasteiger partial charge in [-0.3, -0.25) is 9.78 Å². The standard InChI is InChI=1S/C12H17FN2O4S/c1-15-4-6(11(16)14-12(15)20)9-8(13)10(18-3)7(19-9)5-17-2/h4,7-10H,5H2,1-3H3,(H,14,16,20)/t7-,8?,9+,10?/m1/s1. The number of aryl methyl sites for hydroxylation is 1. The highest BCUT2D eigenvalue weighted by Gasteiger charge is 2.47. The Morgan fingerprint density at radius 2 is 2.25 bits per heavy atom. The number of rotatable bonds is 4. The summed E-state index contributed by atoms with van der Waals surface area (Å²) in [6.07, 6.45) is -2.28. The van der Waals surface area contributed by atoms with E-state index in [0.29, 0.717) is 0 Å². The van der Waals surface area contributed by atoms with Crippen molar-refractivity contribution in [2.75, 3.05) is 20.8 Å². The van der Waals surface area contributed by atoms with Crippen molar-refractivity contribution in [2.24, 2.45) is 7.05 Å². The first-order valence-electron chi connectivity index (χ1n) is 6.10. The molecule has 2 heterocycles. The molecule has 1 aliphatic rings. The van der Waals surface area contributed by atoms with Gasteiger partial charge in [0, 0.05) is 27.5 Å². The summed E-state index contributed by atoms with van der Waals surface area (Å²) in [6, 6.07) is 0. The molecule has 0 bridgehead atoms. The third-order valence-corrected chi connectivity index (χ3v) is 3.73. The van der Waals surface area contributed by atoms with E-state index in [2.05, 4.69) is 4.98 Å². The van der Waals surface area contributed by atoms with Gasteiger partial charge >= 0.3 is 0 Å². The molecule has 1 saturated heterocycles. The number of H-pyrrole nitrogens is 1. The molecule has 1 aromatic rings. The van der Waals surface area contributed by atoms with Crippen molar-refractivity contribution < 1.29 is 18.6 Å². The fraction of sp³-hybridized carbons (Fsp3) is 0.667. The Morgan fingerprint density at radius 1 is 1.55 bits per heavy atom. The number of aromatic nitrogens is 2. The Bertz CT molecular complexity index is 588. The number of hydrogen-bond donors (Lipinski definition) is 1. The summed E-state index contributed by atoms with van der Waals surface area (Å²) in [5.41, 5.74) is -0.261. The minimum absolute atomic E-state index is 0.189. The van der Waals surface area contributed by atoms with E-state index in [1.807, 2.05) is 0 Å². The van der Waals surface area contributed by atoms with Crippen LogP contribution >= 0.6 is 12.2 Å². The average Bonchev–Trinajstić information content (AvgIpc) is 2.71. The van der Waals surface area contributed by atoms with E-state index in [0.717, 1.165) is 0 Å². The van der Waals surface area contributed by atoms with Crippen molar-refractivity contribution >= 4 is 12.2 Å². The molecule has 4 atom stereocenters. The molecule has 8 heteroatoms. The number of nitrogens with zero attached hydrogens (tertiary/aromatic N) is 1. The molecule has 6 nitrogen and oxygen atoms in total. The van der Waals surface area contributed by atoms with Gasteiger partial charge in [0.1, 0.15) is 18.3 Å². The van der Waals surface area contributed by atoms with Gasteiger partial charge in [-0.05, 0) is 12.2 Å². The maximum atomic E-state index is 14.4. The third-order valence-electron chi connectivity index (χ3n) is 3.34. The lowest BCUT2D eigenvalue weighted by Crippen LogP contribution is -2.33. The number of methoxy groups -OCH3 is 2. The van der Waals surface area contributed by atoms with E-state index in [1.165, 1.54) is 25.0 Å². The molecule has 0 radical (unpaired) electrons. The molecule has 2 rings (SSSR count). The van der Waals surface area contributed by atoms with Crippen molar-refractivity contribution in [3.05, 3.63) is 26.9 Å². The van der Waals surface area contributed by atoms with E-state index in [9.17, 15) is 9.18 Å². The molecule has 0 spiro atoms. The van der Waals surface area contributed by atoms with Gasteiger partial charge in [-0.1, -0.05) is 0 Å². The van der Waals surface area contributed by atoms with Crippen molar-refractivity contribution in [3.63, 3.8) is 0 Å². The highest BCUT2D eigenvalue weighted by atomic mass is 32.1. The highest BCUT2D eigenvalue weighted by Crippen LogP contribution is 2.35. The van der Waals surface area contributed by atoms with Crippen LogP contribution in [0.2, 0.25) is 0 Å². The quantitative estimate of drug-likeness (QED) is 0.837. The van der Waals surface area contributed by atoms with Gasteiger partial charge in [-0.25, -0.2) is 4.39 Å². The largest absolute Gasteiger partial charge is 0.382 e. The van der Waals surface area contributed by atoms with Gasteiger partial charge < -0.3 is 18.8 Å². The summed E-state index contributed by atoms with van der Waals surface area (Å²) < 4.78 is 31.9. The number of aromatic amines is 1. The van der Waals surface area contributed by atoms with Crippen LogP contribution in [-0.4, -0.2) is 48.8 Å². The van der Waals surface area contributed by atoms with E-state index in [4.69, 9.17) is 26.4 Å². The van der Waals surface area contributed by atoms with Crippen LogP contribution in [0.4, 0.5) is 4.39 Å². The highest BCUT2D eigenvalue weighted by molar-refractivity contribution is 7.71. The molecule has 0 amide bonds. The molecule has 1 fully saturated rings. The third kappa shape index (κ3) is 2.69. The smallest absolute Gasteiger partial charge is 0.257 e. The summed E-state index contributed by atoms with van der Waals surface area (Å²) in [7, 11) is 4.57. The van der Waals surface area contributed by atoms with Crippen molar-refractivity contribution in [2.45, 2.75) is 24.5 Å². The number of nitrogens with one attached hydrogen (secondary N) is 1. The predicted octanol–water partition coefficient (Wildman–Crippen LogP) is 0.882. The fourth-order valence-electron chi connectivity index (χ4n) is 2.33. The van der Waals surface area contributed by atoms with E-state index in [-0.39, 0.29) is 16.9 Å². The lowest BCUT2D eigenvalue weighted by Gasteiger charge is -2.16. The minimum atomic E-state index is -1.45. The first kappa shape index (κ1) is 15.3. The Morgan fingerprint density at radius 3 is 2.85 bits per heavy atom. The molecule has 1 aromatic heterocycles. The first-order valence-corrected chi connectivity index (χ1v) is 6.51. The van der Waals surface area contributed by atoms with Crippen LogP contribution in [0.15, 0.2) is 11.0 Å². The zero-order chi connectivity index (χ0) is 14.9. The van der Waals surface area contributed by atoms with Crippen molar-refractivity contribution in [3.8, 4) is 0 Å². The molecule has 0 aliphatic carbocycles. The van der Waals surface area contributed by atoms with Gasteiger partial charge in [0.15, 0.2) is 10.9 Å². The van der Waals surface area contributed by atoms with Gasteiger partial charge in [0.2, 0.25) is 0 Å².